The standard InChI is InChI=1S/C34H24ClN3O4S/c35-29-14-4-2-9-24(29)20-42-26-12-5-7-21(17-26)18-30-33(39)37-32(23-10-6-11-25(19-23)38(40)41)28-16-15-22-8-1-3-13-27(22)31(28)36-34(37)43-30/h1-14,17-19,32H,15-16,20H2/b30-18-/t32-/m0/s1. The number of nitro benzene ring substituents is 1. The molecular formula is C34H24ClN3O4S. The smallest absolute Gasteiger partial charge is 0.271 e. The van der Waals surface area contributed by atoms with E-state index in [0.717, 1.165) is 34.4 Å². The minimum Gasteiger partial charge on any atom is -0.489 e. The van der Waals surface area contributed by atoms with E-state index >= 15 is 0 Å². The molecule has 0 spiro atoms. The third kappa shape index (κ3) is 5.09. The minimum atomic E-state index is -0.494. The van der Waals surface area contributed by atoms with E-state index in [1.54, 1.807) is 16.7 Å². The highest BCUT2D eigenvalue weighted by Crippen LogP contribution is 2.41. The number of hydrogen-bond acceptors (Lipinski definition) is 6. The number of benzene rings is 4. The number of thiazole rings is 1. The largest absolute Gasteiger partial charge is 0.489 e. The summed E-state index contributed by atoms with van der Waals surface area (Å²) in [5, 5.41) is 12.3. The molecule has 0 fully saturated rings. The SMILES string of the molecule is O=c1/c(=C/c2cccc(OCc3ccccc3Cl)c2)sc2n1[C@@H](c1cccc([N+](=O)[O-])c1)C1=C(N=2)c2ccccc2CC1. The monoisotopic (exact) mass is 605 g/mol. The Morgan fingerprint density at radius 1 is 1.00 bits per heavy atom. The minimum absolute atomic E-state index is 0.0106. The van der Waals surface area contributed by atoms with Gasteiger partial charge in [-0.25, -0.2) is 4.99 Å². The van der Waals surface area contributed by atoms with Gasteiger partial charge < -0.3 is 4.74 Å². The van der Waals surface area contributed by atoms with Crippen molar-refractivity contribution < 1.29 is 9.66 Å². The van der Waals surface area contributed by atoms with Gasteiger partial charge in [-0.15, -0.1) is 0 Å². The molecule has 0 unspecified atom stereocenters. The van der Waals surface area contributed by atoms with Crippen LogP contribution in [-0.2, 0) is 13.0 Å². The summed E-state index contributed by atoms with van der Waals surface area (Å²) in [4.78, 5) is 30.9. The normalized spacial score (nSPS) is 15.7. The van der Waals surface area contributed by atoms with Gasteiger partial charge in [-0.1, -0.05) is 89.7 Å². The average molecular weight is 606 g/mol. The molecule has 1 atom stereocenters. The molecule has 43 heavy (non-hydrogen) atoms. The summed E-state index contributed by atoms with van der Waals surface area (Å²) in [7, 11) is 0. The summed E-state index contributed by atoms with van der Waals surface area (Å²) in [6.07, 6.45) is 3.35. The Morgan fingerprint density at radius 2 is 1.81 bits per heavy atom. The number of nitrogens with zero attached hydrogens (tertiary/aromatic N) is 3. The Hall–Kier alpha value is -4.79. The number of fused-ring (bicyclic) bond motifs is 3. The first-order valence-electron chi connectivity index (χ1n) is 13.8. The molecule has 0 N–H and O–H groups in total. The van der Waals surface area contributed by atoms with E-state index in [1.807, 2.05) is 72.8 Å². The lowest BCUT2D eigenvalue weighted by Crippen LogP contribution is -2.38. The maximum Gasteiger partial charge on any atom is 0.271 e. The molecular weight excluding hydrogens is 582 g/mol. The van der Waals surface area contributed by atoms with Gasteiger partial charge in [0, 0.05) is 28.3 Å². The van der Waals surface area contributed by atoms with Crippen LogP contribution in [0.25, 0.3) is 11.8 Å². The third-order valence-electron chi connectivity index (χ3n) is 7.78. The number of allylic oxidation sites excluding steroid dienone is 1. The second-order valence-corrected chi connectivity index (χ2v) is 11.8. The molecule has 1 aromatic heterocycles. The molecule has 7 nitrogen and oxygen atoms in total. The number of rotatable bonds is 6. The maximum absolute atomic E-state index is 14.1. The summed E-state index contributed by atoms with van der Waals surface area (Å²) < 4.78 is 8.21. The molecule has 2 heterocycles. The van der Waals surface area contributed by atoms with Crippen molar-refractivity contribution >= 4 is 40.4 Å². The number of halogens is 1. The quantitative estimate of drug-likeness (QED) is 0.164. The first kappa shape index (κ1) is 27.1. The fraction of sp³-hybridized carbons (Fsp3) is 0.118. The molecule has 2 aliphatic rings. The number of non-ortho nitro benzene ring substituents is 1. The molecule has 0 bridgehead atoms. The molecule has 212 valence electrons. The van der Waals surface area contributed by atoms with Crippen molar-refractivity contribution in [3.63, 3.8) is 0 Å². The van der Waals surface area contributed by atoms with Crippen LogP contribution in [0.4, 0.5) is 5.69 Å². The molecule has 1 aliphatic carbocycles. The van der Waals surface area contributed by atoms with Gasteiger partial charge in [-0.2, -0.15) is 0 Å². The predicted octanol–water partition coefficient (Wildman–Crippen LogP) is 6.46. The van der Waals surface area contributed by atoms with E-state index in [0.29, 0.717) is 38.7 Å². The molecule has 1 aliphatic heterocycles. The van der Waals surface area contributed by atoms with Crippen molar-refractivity contribution in [1.29, 1.82) is 0 Å². The number of ether oxygens (including phenoxy) is 1. The van der Waals surface area contributed by atoms with Crippen molar-refractivity contribution in [2.75, 3.05) is 0 Å². The van der Waals surface area contributed by atoms with Gasteiger partial charge in [-0.3, -0.25) is 19.5 Å². The van der Waals surface area contributed by atoms with Crippen molar-refractivity contribution in [3.05, 3.63) is 165 Å². The van der Waals surface area contributed by atoms with E-state index in [1.165, 1.54) is 23.0 Å². The fourth-order valence-electron chi connectivity index (χ4n) is 5.75. The first-order chi connectivity index (χ1) is 21.0. The first-order valence-corrected chi connectivity index (χ1v) is 15.0. The second kappa shape index (κ2) is 11.1. The van der Waals surface area contributed by atoms with Crippen LogP contribution < -0.4 is 19.6 Å². The average Bonchev–Trinajstić information content (AvgIpc) is 3.33. The van der Waals surface area contributed by atoms with Crippen LogP contribution in [0, 0.1) is 10.1 Å². The lowest BCUT2D eigenvalue weighted by atomic mass is 9.83. The summed E-state index contributed by atoms with van der Waals surface area (Å²) >= 11 is 7.60. The number of nitro groups is 1. The highest BCUT2D eigenvalue weighted by atomic mass is 35.5. The molecule has 0 radical (unpaired) electrons. The third-order valence-corrected chi connectivity index (χ3v) is 9.13. The summed E-state index contributed by atoms with van der Waals surface area (Å²) in [5.74, 6) is 0.656. The Bertz CT molecular complexity index is 2130. The highest BCUT2D eigenvalue weighted by Gasteiger charge is 2.33. The zero-order valence-electron chi connectivity index (χ0n) is 22.8. The van der Waals surface area contributed by atoms with E-state index < -0.39 is 11.0 Å². The van der Waals surface area contributed by atoms with E-state index in [2.05, 4.69) is 12.1 Å². The van der Waals surface area contributed by atoms with Crippen LogP contribution in [0.1, 0.15) is 40.3 Å². The van der Waals surface area contributed by atoms with Gasteiger partial charge in [0.2, 0.25) is 0 Å². The Balaban J connectivity index is 1.33. The van der Waals surface area contributed by atoms with Crippen LogP contribution in [0.15, 0.2) is 112 Å². The van der Waals surface area contributed by atoms with E-state index in [4.69, 9.17) is 21.3 Å². The zero-order chi connectivity index (χ0) is 29.5. The Morgan fingerprint density at radius 3 is 2.67 bits per heavy atom. The zero-order valence-corrected chi connectivity index (χ0v) is 24.3. The van der Waals surface area contributed by atoms with Gasteiger partial charge in [0.15, 0.2) is 4.80 Å². The van der Waals surface area contributed by atoms with Gasteiger partial charge in [0.05, 0.1) is 21.2 Å². The van der Waals surface area contributed by atoms with Gasteiger partial charge in [0.25, 0.3) is 11.2 Å². The Labute approximate surface area is 255 Å². The van der Waals surface area contributed by atoms with E-state index in [9.17, 15) is 14.9 Å². The maximum atomic E-state index is 14.1. The number of hydrogen-bond donors (Lipinski definition) is 0. The van der Waals surface area contributed by atoms with Crippen LogP contribution in [-0.4, -0.2) is 9.49 Å². The fourth-order valence-corrected chi connectivity index (χ4v) is 6.94. The topological polar surface area (TPSA) is 86.7 Å². The van der Waals surface area contributed by atoms with Gasteiger partial charge >= 0.3 is 0 Å². The van der Waals surface area contributed by atoms with Crippen LogP contribution in [0.5, 0.6) is 5.75 Å². The second-order valence-electron chi connectivity index (χ2n) is 10.4. The van der Waals surface area contributed by atoms with Crippen molar-refractivity contribution in [1.82, 2.24) is 4.57 Å². The van der Waals surface area contributed by atoms with Crippen molar-refractivity contribution in [2.45, 2.75) is 25.5 Å². The van der Waals surface area contributed by atoms with Crippen LogP contribution >= 0.6 is 22.9 Å². The van der Waals surface area contributed by atoms with Crippen molar-refractivity contribution in [2.24, 2.45) is 4.99 Å². The van der Waals surface area contributed by atoms with Gasteiger partial charge in [-0.05, 0) is 59.4 Å². The predicted molar refractivity (Wildman–Crippen MR) is 168 cm³/mol. The lowest BCUT2D eigenvalue weighted by molar-refractivity contribution is -0.384. The number of aromatic nitrogens is 1. The Kier molecular flexibility index (Phi) is 7.01. The molecule has 5 aromatic rings. The number of aryl methyl sites for hydroxylation is 1. The molecule has 0 saturated carbocycles. The van der Waals surface area contributed by atoms with Crippen LogP contribution in [0.2, 0.25) is 5.02 Å². The summed E-state index contributed by atoms with van der Waals surface area (Å²) in [6.45, 7) is 0.321. The van der Waals surface area contributed by atoms with E-state index in [-0.39, 0.29) is 11.2 Å². The van der Waals surface area contributed by atoms with Crippen molar-refractivity contribution in [3.8, 4) is 5.75 Å². The molecule has 7 rings (SSSR count). The molecule has 0 saturated heterocycles. The molecule has 0 amide bonds. The molecule has 4 aromatic carbocycles. The van der Waals surface area contributed by atoms with Gasteiger partial charge in [0.1, 0.15) is 12.4 Å². The lowest BCUT2D eigenvalue weighted by Gasteiger charge is -2.30. The van der Waals surface area contributed by atoms with Crippen LogP contribution in [0.3, 0.4) is 0 Å². The summed E-state index contributed by atoms with van der Waals surface area (Å²) in [5.41, 5.74) is 6.28. The summed E-state index contributed by atoms with van der Waals surface area (Å²) in [6, 6.07) is 29.3. The highest BCUT2D eigenvalue weighted by molar-refractivity contribution is 7.07. The molecule has 9 heteroatoms.